The standard InChI is InChI=1S/C31H35N5/c1-5-21(15-26(32)6-2)29-18-25(22-9-7-11-27(33)16-22)19-30(35-29)31-20-24(13-14-36(31)4)23-10-8-12-28(17-23)34-3/h5,7-20,31,34H,6,32-33H2,1-4H3/b21-5+,26-15+. The van der Waals surface area contributed by atoms with Gasteiger partial charge in [0.25, 0.3) is 0 Å². The van der Waals surface area contributed by atoms with Crippen LogP contribution in [0.25, 0.3) is 22.3 Å². The monoisotopic (exact) mass is 477 g/mol. The molecule has 0 spiro atoms. The molecule has 1 aliphatic heterocycles. The Morgan fingerprint density at radius 2 is 1.83 bits per heavy atom. The Hall–Kier alpha value is -4.25. The number of aromatic nitrogens is 1. The molecule has 0 saturated heterocycles. The third kappa shape index (κ3) is 5.52. The summed E-state index contributed by atoms with van der Waals surface area (Å²) in [6, 6.07) is 20.7. The minimum absolute atomic E-state index is 0.0337. The van der Waals surface area contributed by atoms with E-state index in [9.17, 15) is 0 Å². The SMILES string of the molecule is C/C=C(\C=C(\N)CC)c1cc(-c2cccc(N)c2)cc(C2C=C(c3cccc(NC)c3)C=CN2C)n1. The second-order valence-electron chi connectivity index (χ2n) is 8.99. The van der Waals surface area contributed by atoms with Crippen molar-refractivity contribution in [3.05, 3.63) is 114 Å². The minimum Gasteiger partial charge on any atom is -0.402 e. The van der Waals surface area contributed by atoms with Gasteiger partial charge in [0.05, 0.1) is 17.4 Å². The van der Waals surface area contributed by atoms with Crippen LogP contribution >= 0.6 is 0 Å². The van der Waals surface area contributed by atoms with E-state index in [0.717, 1.165) is 62.7 Å². The van der Waals surface area contributed by atoms with Crippen molar-refractivity contribution < 1.29 is 0 Å². The first-order chi connectivity index (χ1) is 17.4. The minimum atomic E-state index is -0.0337. The highest BCUT2D eigenvalue weighted by atomic mass is 15.1. The predicted molar refractivity (Wildman–Crippen MR) is 154 cm³/mol. The van der Waals surface area contributed by atoms with E-state index >= 15 is 0 Å². The van der Waals surface area contributed by atoms with E-state index in [1.165, 1.54) is 0 Å². The number of nitrogens with two attached hydrogens (primary N) is 2. The molecule has 1 atom stereocenters. The lowest BCUT2D eigenvalue weighted by molar-refractivity contribution is 0.384. The fraction of sp³-hybridized carbons (Fsp3) is 0.194. The summed E-state index contributed by atoms with van der Waals surface area (Å²) in [6.45, 7) is 4.07. The highest BCUT2D eigenvalue weighted by molar-refractivity contribution is 5.79. The molecular weight excluding hydrogens is 442 g/mol. The van der Waals surface area contributed by atoms with Gasteiger partial charge in [-0.1, -0.05) is 37.3 Å². The molecule has 1 unspecified atom stereocenters. The van der Waals surface area contributed by atoms with E-state index < -0.39 is 0 Å². The zero-order chi connectivity index (χ0) is 25.7. The number of hydrogen-bond donors (Lipinski definition) is 3. The molecule has 0 saturated carbocycles. The van der Waals surface area contributed by atoms with E-state index in [0.29, 0.717) is 0 Å². The molecule has 1 aromatic heterocycles. The summed E-state index contributed by atoms with van der Waals surface area (Å²) in [5.41, 5.74) is 22.3. The molecule has 0 aliphatic carbocycles. The predicted octanol–water partition coefficient (Wildman–Crippen LogP) is 6.61. The molecule has 0 radical (unpaired) electrons. The Balaban J connectivity index is 1.86. The highest BCUT2D eigenvalue weighted by Crippen LogP contribution is 2.34. The van der Waals surface area contributed by atoms with E-state index in [1.54, 1.807) is 0 Å². The van der Waals surface area contributed by atoms with Gasteiger partial charge in [0.1, 0.15) is 0 Å². The molecule has 5 heteroatoms. The van der Waals surface area contributed by atoms with Gasteiger partial charge in [-0.15, -0.1) is 0 Å². The van der Waals surface area contributed by atoms with Gasteiger partial charge in [-0.25, -0.2) is 0 Å². The first kappa shape index (κ1) is 24.9. The smallest absolute Gasteiger partial charge is 0.0897 e. The van der Waals surface area contributed by atoms with Crippen LogP contribution in [-0.4, -0.2) is 24.0 Å². The lowest BCUT2D eigenvalue weighted by atomic mass is 9.95. The Bertz CT molecular complexity index is 1360. The second kappa shape index (κ2) is 11.0. The van der Waals surface area contributed by atoms with Crippen molar-refractivity contribution >= 4 is 22.5 Å². The maximum Gasteiger partial charge on any atom is 0.0897 e. The van der Waals surface area contributed by atoms with Crippen molar-refractivity contribution in [1.29, 1.82) is 0 Å². The molecule has 4 rings (SSSR count). The Labute approximate surface area is 214 Å². The van der Waals surface area contributed by atoms with E-state index in [-0.39, 0.29) is 6.04 Å². The van der Waals surface area contributed by atoms with Gasteiger partial charge < -0.3 is 21.7 Å². The summed E-state index contributed by atoms with van der Waals surface area (Å²) in [6.07, 6.45) is 11.4. The third-order valence-corrected chi connectivity index (χ3v) is 6.47. The average Bonchev–Trinajstić information content (AvgIpc) is 2.91. The lowest BCUT2D eigenvalue weighted by Gasteiger charge is -2.29. The van der Waals surface area contributed by atoms with Crippen LogP contribution in [0, 0.1) is 0 Å². The molecule has 2 aromatic carbocycles. The van der Waals surface area contributed by atoms with Crippen LogP contribution < -0.4 is 16.8 Å². The number of nitrogens with zero attached hydrogens (tertiary/aromatic N) is 2. The molecule has 5 nitrogen and oxygen atoms in total. The van der Waals surface area contributed by atoms with E-state index in [4.69, 9.17) is 16.5 Å². The quantitative estimate of drug-likeness (QED) is 0.263. The first-order valence-corrected chi connectivity index (χ1v) is 12.3. The summed E-state index contributed by atoms with van der Waals surface area (Å²) in [7, 11) is 4.02. The van der Waals surface area contributed by atoms with Crippen LogP contribution in [-0.2, 0) is 0 Å². The fourth-order valence-corrected chi connectivity index (χ4v) is 4.32. The van der Waals surface area contributed by atoms with Crippen LogP contribution in [0.15, 0.2) is 96.9 Å². The topological polar surface area (TPSA) is 80.2 Å². The highest BCUT2D eigenvalue weighted by Gasteiger charge is 2.21. The van der Waals surface area contributed by atoms with Crippen molar-refractivity contribution in [3.8, 4) is 11.1 Å². The summed E-state index contributed by atoms with van der Waals surface area (Å²) in [4.78, 5) is 7.33. The maximum atomic E-state index is 6.21. The zero-order valence-corrected chi connectivity index (χ0v) is 21.5. The number of nitrogens with one attached hydrogen (secondary N) is 1. The number of likely N-dealkylation sites (N-methyl/N-ethyl adjacent to an activating group) is 1. The van der Waals surface area contributed by atoms with Crippen LogP contribution in [0.5, 0.6) is 0 Å². The second-order valence-corrected chi connectivity index (χ2v) is 8.99. The summed E-state index contributed by atoms with van der Waals surface area (Å²) in [5, 5.41) is 3.23. The Morgan fingerprint density at radius 1 is 1.06 bits per heavy atom. The summed E-state index contributed by atoms with van der Waals surface area (Å²) >= 11 is 0. The number of hydrogen-bond acceptors (Lipinski definition) is 5. The summed E-state index contributed by atoms with van der Waals surface area (Å²) in [5.74, 6) is 0. The first-order valence-electron chi connectivity index (χ1n) is 12.3. The maximum absolute atomic E-state index is 6.21. The molecule has 0 bridgehead atoms. The average molecular weight is 478 g/mol. The third-order valence-electron chi connectivity index (χ3n) is 6.47. The number of pyridine rings is 1. The van der Waals surface area contributed by atoms with Gasteiger partial charge in [-0.2, -0.15) is 0 Å². The van der Waals surface area contributed by atoms with E-state index in [2.05, 4.69) is 91.1 Å². The van der Waals surface area contributed by atoms with Crippen LogP contribution in [0.3, 0.4) is 0 Å². The largest absolute Gasteiger partial charge is 0.402 e. The molecule has 1 aliphatic rings. The number of anilines is 2. The Kier molecular flexibility index (Phi) is 7.59. The fourth-order valence-electron chi connectivity index (χ4n) is 4.32. The van der Waals surface area contributed by atoms with E-state index in [1.807, 2.05) is 38.2 Å². The van der Waals surface area contributed by atoms with Gasteiger partial charge in [0.2, 0.25) is 0 Å². The van der Waals surface area contributed by atoms with Crippen molar-refractivity contribution in [3.63, 3.8) is 0 Å². The molecule has 184 valence electrons. The molecule has 5 N–H and O–H groups in total. The normalized spacial score (nSPS) is 16.2. The van der Waals surface area contributed by atoms with Crippen LogP contribution in [0.4, 0.5) is 11.4 Å². The van der Waals surface area contributed by atoms with Crippen molar-refractivity contribution in [1.82, 2.24) is 9.88 Å². The van der Waals surface area contributed by atoms with Crippen molar-refractivity contribution in [2.24, 2.45) is 5.73 Å². The summed E-state index contributed by atoms with van der Waals surface area (Å²) < 4.78 is 0. The van der Waals surface area contributed by atoms with Crippen LogP contribution in [0.1, 0.15) is 43.3 Å². The number of benzene rings is 2. The number of allylic oxidation sites excluding steroid dienone is 6. The number of nitrogen functional groups attached to an aromatic ring is 1. The molecule has 0 fully saturated rings. The van der Waals surface area contributed by atoms with Gasteiger partial charge in [-0.05, 0) is 95.8 Å². The molecule has 36 heavy (non-hydrogen) atoms. The molecule has 3 aromatic rings. The molecule has 2 heterocycles. The van der Waals surface area contributed by atoms with Gasteiger partial charge in [0.15, 0.2) is 0 Å². The molecule has 0 amide bonds. The van der Waals surface area contributed by atoms with Gasteiger partial charge in [-0.3, -0.25) is 4.98 Å². The number of rotatable bonds is 7. The lowest BCUT2D eigenvalue weighted by Crippen LogP contribution is -2.21. The van der Waals surface area contributed by atoms with Crippen molar-refractivity contribution in [2.75, 3.05) is 25.1 Å². The van der Waals surface area contributed by atoms with Gasteiger partial charge >= 0.3 is 0 Å². The van der Waals surface area contributed by atoms with Gasteiger partial charge in [0, 0.05) is 37.4 Å². The molecular formula is C31H35N5. The van der Waals surface area contributed by atoms with Crippen LogP contribution in [0.2, 0.25) is 0 Å². The zero-order valence-electron chi connectivity index (χ0n) is 21.5. The Morgan fingerprint density at radius 3 is 2.56 bits per heavy atom. The van der Waals surface area contributed by atoms with Crippen molar-refractivity contribution in [2.45, 2.75) is 26.3 Å².